The molecule has 37 heavy (non-hydrogen) atoms. The molecule has 0 radical (unpaired) electrons. The number of likely N-dealkylation sites (tertiary alicyclic amines) is 1. The number of amides is 1. The molecule has 1 amide bonds. The molecule has 1 aliphatic heterocycles. The van der Waals surface area contributed by atoms with E-state index in [-0.39, 0.29) is 24.1 Å². The molecule has 4 rings (SSSR count). The van der Waals surface area contributed by atoms with Crippen LogP contribution in [0.5, 0.6) is 5.75 Å². The quantitative estimate of drug-likeness (QED) is 0.396. The van der Waals surface area contributed by atoms with Crippen LogP contribution >= 0.6 is 23.2 Å². The smallest absolute Gasteiger partial charge is 0.265 e. The Balaban J connectivity index is 1.45. The molecule has 6 nitrogen and oxygen atoms in total. The van der Waals surface area contributed by atoms with Gasteiger partial charge in [-0.1, -0.05) is 23.2 Å². The lowest BCUT2D eigenvalue weighted by atomic mass is 9.90. The predicted molar refractivity (Wildman–Crippen MR) is 148 cm³/mol. The highest BCUT2D eigenvalue weighted by Crippen LogP contribution is 2.45. The van der Waals surface area contributed by atoms with Gasteiger partial charge in [0, 0.05) is 58.3 Å². The molecule has 1 saturated heterocycles. The van der Waals surface area contributed by atoms with Gasteiger partial charge >= 0.3 is 0 Å². The number of carbonyl (C=O) groups is 1. The van der Waals surface area contributed by atoms with Crippen LogP contribution in [0.3, 0.4) is 0 Å². The van der Waals surface area contributed by atoms with Gasteiger partial charge < -0.3 is 9.47 Å². The van der Waals surface area contributed by atoms with E-state index in [2.05, 4.69) is 22.4 Å². The number of hydrogen-bond donors (Lipinski definition) is 1. The van der Waals surface area contributed by atoms with Crippen molar-refractivity contribution in [2.45, 2.75) is 50.2 Å². The highest BCUT2D eigenvalue weighted by atomic mass is 35.5. The first kappa shape index (κ1) is 28.2. The van der Waals surface area contributed by atoms with Gasteiger partial charge in [0.05, 0.1) is 5.56 Å². The lowest BCUT2D eigenvalue weighted by Crippen LogP contribution is -2.49. The number of nitrogens with one attached hydrogen (secondary N) is 1. The number of methoxy groups -OCH3 is 1. The van der Waals surface area contributed by atoms with Crippen LogP contribution in [0.25, 0.3) is 0 Å². The number of ether oxygens (including phenoxy) is 2. The molecule has 0 bridgehead atoms. The Morgan fingerprint density at radius 3 is 2.38 bits per heavy atom. The first-order chi connectivity index (χ1) is 17.4. The van der Waals surface area contributed by atoms with Crippen LogP contribution in [-0.4, -0.2) is 59.5 Å². The van der Waals surface area contributed by atoms with E-state index in [0.29, 0.717) is 15.8 Å². The molecule has 202 valence electrons. The van der Waals surface area contributed by atoms with Crippen LogP contribution in [0.15, 0.2) is 30.3 Å². The van der Waals surface area contributed by atoms with Gasteiger partial charge in [-0.3, -0.25) is 14.4 Å². The summed E-state index contributed by atoms with van der Waals surface area (Å²) in [5, 5.41) is 1.23. The number of piperidine rings is 1. The molecule has 2 aromatic rings. The zero-order chi connectivity index (χ0) is 27.0. The average Bonchev–Trinajstić information content (AvgIpc) is 3.66. The summed E-state index contributed by atoms with van der Waals surface area (Å²) in [7, 11) is -1.14. The highest BCUT2D eigenvalue weighted by Gasteiger charge is 2.38. The van der Waals surface area contributed by atoms with Gasteiger partial charge in [0.2, 0.25) is 0 Å². The van der Waals surface area contributed by atoms with Crippen LogP contribution in [0.2, 0.25) is 10.0 Å². The molecule has 0 spiro atoms. The second kappa shape index (κ2) is 11.1. The van der Waals surface area contributed by atoms with Crippen molar-refractivity contribution in [2.24, 2.45) is 0 Å². The Bertz CT molecular complexity index is 1260. The average molecular weight is 572 g/mol. The fourth-order valence-corrected chi connectivity index (χ4v) is 5.84. The van der Waals surface area contributed by atoms with Gasteiger partial charge in [-0.2, -0.15) is 0 Å². The van der Waals surface area contributed by atoms with E-state index in [1.165, 1.54) is 18.4 Å². The van der Waals surface area contributed by atoms with E-state index in [4.69, 9.17) is 32.7 Å². The Hall–Kier alpha value is -1.84. The Morgan fingerprint density at radius 2 is 1.84 bits per heavy atom. The third-order valence-corrected chi connectivity index (χ3v) is 8.27. The molecule has 1 saturated carbocycles. The molecule has 1 aliphatic carbocycles. The van der Waals surface area contributed by atoms with Crippen molar-refractivity contribution >= 4 is 44.7 Å². The molecule has 0 aromatic heterocycles. The molecular weight excluding hydrogens is 538 g/mol. The highest BCUT2D eigenvalue weighted by molar-refractivity contribution is 7.98. The molecular formula is C27H33Cl2FN2O4S. The van der Waals surface area contributed by atoms with Crippen molar-refractivity contribution in [3.8, 4) is 5.75 Å². The van der Waals surface area contributed by atoms with Crippen molar-refractivity contribution in [3.05, 3.63) is 62.9 Å². The summed E-state index contributed by atoms with van der Waals surface area (Å²) in [5.41, 5.74) is 1.17. The van der Waals surface area contributed by atoms with Gasteiger partial charge in [0.25, 0.3) is 5.91 Å². The van der Waals surface area contributed by atoms with Gasteiger partial charge in [-0.05, 0) is 79.8 Å². The Kier molecular flexibility index (Phi) is 8.46. The van der Waals surface area contributed by atoms with E-state index < -0.39 is 27.0 Å². The van der Waals surface area contributed by atoms with E-state index in [0.717, 1.165) is 49.9 Å². The maximum absolute atomic E-state index is 14.9. The number of hydrogen-bond acceptors (Lipinski definition) is 5. The number of rotatable bonds is 9. The SMILES string of the molecule is C=S(C)(=O)NC(=O)c1cc(C2CC2)c(OCC2(OC)CCN([C@@H](C)c3cc(Cl)cc(Cl)c3)CC2)cc1F. The summed E-state index contributed by atoms with van der Waals surface area (Å²) >= 11 is 12.4. The summed E-state index contributed by atoms with van der Waals surface area (Å²) in [6.45, 7) is 3.97. The zero-order valence-corrected chi connectivity index (χ0v) is 23.6. The van der Waals surface area contributed by atoms with E-state index in [9.17, 15) is 13.4 Å². The minimum atomic E-state index is -2.82. The van der Waals surface area contributed by atoms with Crippen LogP contribution in [0, 0.1) is 5.82 Å². The molecule has 1 N–H and O–H groups in total. The van der Waals surface area contributed by atoms with Gasteiger partial charge in [-0.15, -0.1) is 0 Å². The fraction of sp³-hybridized carbons (Fsp3) is 0.481. The van der Waals surface area contributed by atoms with Gasteiger partial charge in [-0.25, -0.2) is 8.60 Å². The van der Waals surface area contributed by atoms with Crippen LogP contribution in [0.4, 0.5) is 4.39 Å². The lowest BCUT2D eigenvalue weighted by Gasteiger charge is -2.42. The predicted octanol–water partition coefficient (Wildman–Crippen LogP) is 5.62. The van der Waals surface area contributed by atoms with Crippen LogP contribution in [0.1, 0.15) is 66.1 Å². The first-order valence-electron chi connectivity index (χ1n) is 12.3. The van der Waals surface area contributed by atoms with Crippen molar-refractivity contribution in [1.29, 1.82) is 0 Å². The summed E-state index contributed by atoms with van der Waals surface area (Å²) in [4.78, 5) is 14.8. The van der Waals surface area contributed by atoms with E-state index >= 15 is 0 Å². The third-order valence-electron chi connectivity index (χ3n) is 7.22. The zero-order valence-electron chi connectivity index (χ0n) is 21.3. The Labute approximate surface area is 228 Å². The molecule has 10 heteroatoms. The second-order valence-corrected chi connectivity index (χ2v) is 13.3. The lowest BCUT2D eigenvalue weighted by molar-refractivity contribution is -0.0877. The van der Waals surface area contributed by atoms with Crippen LogP contribution < -0.4 is 9.46 Å². The fourth-order valence-electron chi connectivity index (χ4n) is 4.80. The maximum Gasteiger partial charge on any atom is 0.265 e. The largest absolute Gasteiger partial charge is 0.490 e. The van der Waals surface area contributed by atoms with Gasteiger partial charge in [0.1, 0.15) is 23.8 Å². The molecule has 2 fully saturated rings. The van der Waals surface area contributed by atoms with E-state index in [1.54, 1.807) is 13.2 Å². The molecule has 1 unspecified atom stereocenters. The minimum Gasteiger partial charge on any atom is -0.490 e. The van der Waals surface area contributed by atoms with E-state index in [1.807, 2.05) is 12.1 Å². The number of halogens is 3. The summed E-state index contributed by atoms with van der Waals surface area (Å²) in [6, 6.07) is 8.51. The number of benzene rings is 2. The maximum atomic E-state index is 14.9. The summed E-state index contributed by atoms with van der Waals surface area (Å²) < 4.78 is 41.2. The minimum absolute atomic E-state index is 0.136. The molecule has 1 heterocycles. The standard InChI is InChI=1S/C27H33Cl2FN2O4S/c1-17(19-11-20(28)13-21(29)12-19)32-9-7-27(35-2,8-10-32)16-36-25-15-24(30)23(14-22(25)18-5-6-18)26(33)31-37(3,4)34/h11-15,17-18H,3,5-10,16H2,1-2,4H3,(H,31,33,34)/t17-,37?/m0/s1. The third kappa shape index (κ3) is 6.98. The molecule has 2 aromatic carbocycles. The number of nitrogens with zero attached hydrogens (tertiary/aromatic N) is 1. The molecule has 2 atom stereocenters. The topological polar surface area (TPSA) is 67.9 Å². The monoisotopic (exact) mass is 570 g/mol. The van der Waals surface area contributed by atoms with Crippen LogP contribution in [-0.2, 0) is 14.4 Å². The summed E-state index contributed by atoms with van der Waals surface area (Å²) in [5.74, 6) is 2.57. The first-order valence-corrected chi connectivity index (χ1v) is 15.1. The normalized spacial score (nSPS) is 20.2. The van der Waals surface area contributed by atoms with Crippen molar-refractivity contribution in [2.75, 3.05) is 33.1 Å². The molecule has 2 aliphatic rings. The van der Waals surface area contributed by atoms with Gasteiger partial charge in [0.15, 0.2) is 0 Å². The van der Waals surface area contributed by atoms with Crippen molar-refractivity contribution in [1.82, 2.24) is 9.62 Å². The van der Waals surface area contributed by atoms with Crippen molar-refractivity contribution in [3.63, 3.8) is 0 Å². The number of carbonyl (C=O) groups excluding carboxylic acids is 1. The Morgan fingerprint density at radius 1 is 1.22 bits per heavy atom. The summed E-state index contributed by atoms with van der Waals surface area (Å²) in [6.07, 6.45) is 4.65. The second-order valence-electron chi connectivity index (χ2n) is 10.2. The van der Waals surface area contributed by atoms with Crippen molar-refractivity contribution < 1.29 is 22.9 Å².